The number of amides is 1. The van der Waals surface area contributed by atoms with Crippen LogP contribution < -0.4 is 9.62 Å². The summed E-state index contributed by atoms with van der Waals surface area (Å²) >= 11 is 0. The minimum absolute atomic E-state index is 0.00180. The number of nitrogens with one attached hydrogen (secondary N) is 1. The molecule has 0 bridgehead atoms. The third-order valence-corrected chi connectivity index (χ3v) is 6.54. The number of anilines is 1. The van der Waals surface area contributed by atoms with Crippen molar-refractivity contribution in [3.63, 3.8) is 0 Å². The number of benzene rings is 3. The van der Waals surface area contributed by atoms with Gasteiger partial charge in [-0.25, -0.2) is 17.2 Å². The van der Waals surface area contributed by atoms with Crippen LogP contribution in [0, 0.1) is 11.6 Å². The van der Waals surface area contributed by atoms with Crippen molar-refractivity contribution in [2.24, 2.45) is 0 Å². The van der Waals surface area contributed by atoms with E-state index in [0.29, 0.717) is 11.3 Å². The first-order chi connectivity index (χ1) is 14.8. The van der Waals surface area contributed by atoms with Crippen molar-refractivity contribution < 1.29 is 22.0 Å². The zero-order valence-corrected chi connectivity index (χ0v) is 17.7. The molecule has 1 amide bonds. The van der Waals surface area contributed by atoms with E-state index in [2.05, 4.69) is 5.32 Å². The molecule has 0 aliphatic carbocycles. The van der Waals surface area contributed by atoms with Crippen LogP contribution in [-0.2, 0) is 16.4 Å². The fraction of sp³-hybridized carbons (Fsp3) is 0.174. The molecule has 5 nitrogen and oxygen atoms in total. The molecule has 31 heavy (non-hydrogen) atoms. The van der Waals surface area contributed by atoms with Crippen LogP contribution in [0.15, 0.2) is 77.7 Å². The highest BCUT2D eigenvalue weighted by atomic mass is 32.2. The molecule has 3 aromatic carbocycles. The average molecular weight is 445 g/mol. The van der Waals surface area contributed by atoms with E-state index < -0.39 is 27.6 Å². The van der Waals surface area contributed by atoms with E-state index in [1.165, 1.54) is 40.7 Å². The molecule has 0 aliphatic rings. The van der Waals surface area contributed by atoms with E-state index >= 15 is 0 Å². The van der Waals surface area contributed by atoms with Gasteiger partial charge in [-0.2, -0.15) is 0 Å². The number of hydrogen-bond acceptors (Lipinski definition) is 3. The number of carbonyl (C=O) groups is 1. The Labute approximate surface area is 180 Å². The van der Waals surface area contributed by atoms with Gasteiger partial charge in [0.1, 0.15) is 11.6 Å². The lowest BCUT2D eigenvalue weighted by Crippen LogP contribution is -2.31. The zero-order valence-electron chi connectivity index (χ0n) is 16.9. The molecular weight excluding hydrogens is 422 g/mol. The van der Waals surface area contributed by atoms with Gasteiger partial charge in [-0.3, -0.25) is 9.10 Å². The van der Waals surface area contributed by atoms with Gasteiger partial charge in [-0.05, 0) is 61.4 Å². The Morgan fingerprint density at radius 3 is 2.26 bits per heavy atom. The van der Waals surface area contributed by atoms with Crippen LogP contribution in [-0.4, -0.2) is 27.4 Å². The third-order valence-electron chi connectivity index (χ3n) is 4.64. The van der Waals surface area contributed by atoms with Gasteiger partial charge >= 0.3 is 0 Å². The summed E-state index contributed by atoms with van der Waals surface area (Å²) in [4.78, 5) is 12.5. The topological polar surface area (TPSA) is 66.5 Å². The number of sulfonamides is 1. The molecule has 0 unspecified atom stereocenters. The maximum absolute atomic E-state index is 13.3. The van der Waals surface area contributed by atoms with Gasteiger partial charge < -0.3 is 5.32 Å². The predicted molar refractivity (Wildman–Crippen MR) is 115 cm³/mol. The molecular formula is C23H22F2N2O3S. The van der Waals surface area contributed by atoms with Crippen LogP contribution in [0.25, 0.3) is 0 Å². The van der Waals surface area contributed by atoms with E-state index in [4.69, 9.17) is 0 Å². The SMILES string of the molecule is CCN(c1ccccc1)S(=O)(=O)c1cccc(C(=O)NCCc2cc(F)cc(F)c2)c1. The van der Waals surface area contributed by atoms with E-state index in [-0.39, 0.29) is 30.0 Å². The Hall–Kier alpha value is -3.26. The summed E-state index contributed by atoms with van der Waals surface area (Å²) in [7, 11) is -3.86. The minimum atomic E-state index is -3.86. The summed E-state index contributed by atoms with van der Waals surface area (Å²) in [6.45, 7) is 2.10. The molecule has 0 aromatic heterocycles. The zero-order chi connectivity index (χ0) is 22.4. The molecule has 0 heterocycles. The molecule has 0 aliphatic heterocycles. The summed E-state index contributed by atoms with van der Waals surface area (Å²) in [5.74, 6) is -1.84. The largest absolute Gasteiger partial charge is 0.352 e. The molecule has 162 valence electrons. The van der Waals surface area contributed by atoms with E-state index in [0.717, 1.165) is 6.07 Å². The van der Waals surface area contributed by atoms with E-state index in [9.17, 15) is 22.0 Å². The standard InChI is InChI=1S/C23H22F2N2O3S/c1-2-27(21-8-4-3-5-9-21)31(29,30)22-10-6-7-18(15-22)23(28)26-12-11-17-13-19(24)16-20(25)14-17/h3-10,13-16H,2,11-12H2,1H3,(H,26,28). The van der Waals surface area contributed by atoms with Crippen molar-refractivity contribution in [1.82, 2.24) is 5.32 Å². The average Bonchev–Trinajstić information content (AvgIpc) is 2.74. The summed E-state index contributed by atoms with van der Waals surface area (Å²) in [6.07, 6.45) is 0.232. The van der Waals surface area contributed by atoms with Crippen molar-refractivity contribution in [2.75, 3.05) is 17.4 Å². The van der Waals surface area contributed by atoms with Crippen molar-refractivity contribution in [3.05, 3.63) is 95.6 Å². The van der Waals surface area contributed by atoms with Crippen LogP contribution in [0.4, 0.5) is 14.5 Å². The molecule has 0 fully saturated rings. The van der Waals surface area contributed by atoms with Gasteiger partial charge in [0.15, 0.2) is 0 Å². The molecule has 0 atom stereocenters. The lowest BCUT2D eigenvalue weighted by atomic mass is 10.1. The Kier molecular flexibility index (Phi) is 7.02. The second-order valence-corrected chi connectivity index (χ2v) is 8.68. The van der Waals surface area contributed by atoms with Gasteiger partial charge in [0.2, 0.25) is 0 Å². The molecule has 0 radical (unpaired) electrons. The molecule has 0 saturated carbocycles. The summed E-state index contributed by atoms with van der Waals surface area (Å²) in [6, 6.07) is 17.7. The first kappa shape index (κ1) is 22.4. The fourth-order valence-electron chi connectivity index (χ4n) is 3.19. The highest BCUT2D eigenvalue weighted by molar-refractivity contribution is 7.92. The fourth-order valence-corrected chi connectivity index (χ4v) is 4.71. The Morgan fingerprint density at radius 2 is 1.61 bits per heavy atom. The highest BCUT2D eigenvalue weighted by Gasteiger charge is 2.24. The maximum atomic E-state index is 13.3. The van der Waals surface area contributed by atoms with Crippen molar-refractivity contribution in [3.8, 4) is 0 Å². The molecule has 0 spiro atoms. The predicted octanol–water partition coefficient (Wildman–Crippen LogP) is 4.15. The number of halogens is 2. The van der Waals surface area contributed by atoms with Gasteiger partial charge in [0.05, 0.1) is 10.6 Å². The summed E-state index contributed by atoms with van der Waals surface area (Å²) in [5, 5.41) is 2.65. The maximum Gasteiger partial charge on any atom is 0.264 e. The first-order valence-corrected chi connectivity index (χ1v) is 11.2. The summed E-state index contributed by atoms with van der Waals surface area (Å²) < 4.78 is 54.0. The van der Waals surface area contributed by atoms with Crippen molar-refractivity contribution >= 4 is 21.6 Å². The number of para-hydroxylation sites is 1. The molecule has 8 heteroatoms. The van der Waals surface area contributed by atoms with Crippen molar-refractivity contribution in [2.45, 2.75) is 18.2 Å². The number of rotatable bonds is 8. The lowest BCUT2D eigenvalue weighted by Gasteiger charge is -2.23. The van der Waals surface area contributed by atoms with Crippen LogP contribution >= 0.6 is 0 Å². The van der Waals surface area contributed by atoms with Gasteiger partial charge in [0, 0.05) is 24.7 Å². The minimum Gasteiger partial charge on any atom is -0.352 e. The second-order valence-electron chi connectivity index (χ2n) is 6.82. The monoisotopic (exact) mass is 444 g/mol. The van der Waals surface area contributed by atoms with Crippen LogP contribution in [0.1, 0.15) is 22.8 Å². The van der Waals surface area contributed by atoms with E-state index in [1.54, 1.807) is 37.3 Å². The number of hydrogen-bond donors (Lipinski definition) is 1. The van der Waals surface area contributed by atoms with Crippen molar-refractivity contribution in [1.29, 1.82) is 0 Å². The van der Waals surface area contributed by atoms with E-state index in [1.807, 2.05) is 0 Å². The quantitative estimate of drug-likeness (QED) is 0.568. The highest BCUT2D eigenvalue weighted by Crippen LogP contribution is 2.23. The van der Waals surface area contributed by atoms with Gasteiger partial charge in [-0.15, -0.1) is 0 Å². The first-order valence-electron chi connectivity index (χ1n) is 9.72. The van der Waals surface area contributed by atoms with Gasteiger partial charge in [-0.1, -0.05) is 24.3 Å². The number of carbonyl (C=O) groups excluding carboxylic acids is 1. The van der Waals surface area contributed by atoms with Crippen LogP contribution in [0.5, 0.6) is 0 Å². The lowest BCUT2D eigenvalue weighted by molar-refractivity contribution is 0.0954. The molecule has 0 saturated heterocycles. The van der Waals surface area contributed by atoms with Crippen LogP contribution in [0.3, 0.4) is 0 Å². The molecule has 3 aromatic rings. The Balaban J connectivity index is 1.73. The normalized spacial score (nSPS) is 11.2. The Bertz CT molecular complexity index is 1150. The molecule has 1 N–H and O–H groups in total. The smallest absolute Gasteiger partial charge is 0.264 e. The summed E-state index contributed by atoms with van der Waals surface area (Å²) in [5.41, 5.74) is 1.12. The third kappa shape index (κ3) is 5.46. The van der Waals surface area contributed by atoms with Gasteiger partial charge in [0.25, 0.3) is 15.9 Å². The second kappa shape index (κ2) is 9.70. The van der Waals surface area contributed by atoms with Crippen LogP contribution in [0.2, 0.25) is 0 Å². The number of nitrogens with zero attached hydrogens (tertiary/aromatic N) is 1. The Morgan fingerprint density at radius 1 is 0.935 bits per heavy atom. The molecule has 3 rings (SSSR count).